The number of carbonyl (C=O) groups is 1. The summed E-state index contributed by atoms with van der Waals surface area (Å²) in [5.74, 6) is -0.420. The molecule has 72 valence electrons. The average Bonchev–Trinajstić information content (AvgIpc) is 2.05. The molecule has 0 aromatic rings. The summed E-state index contributed by atoms with van der Waals surface area (Å²) in [6.07, 6.45) is 8.02. The molecule has 0 aliphatic heterocycles. The van der Waals surface area contributed by atoms with Crippen LogP contribution in [0.3, 0.4) is 0 Å². The number of carbonyl (C=O) groups excluding carboxylic acids is 1. The summed E-state index contributed by atoms with van der Waals surface area (Å²) in [5.41, 5.74) is 5.24. The van der Waals surface area contributed by atoms with Gasteiger partial charge in [-0.2, -0.15) is 0 Å². The van der Waals surface area contributed by atoms with E-state index in [1.54, 1.807) is 0 Å². The second-order valence-corrected chi connectivity index (χ2v) is 4.94. The van der Waals surface area contributed by atoms with Crippen molar-refractivity contribution in [1.29, 1.82) is 0 Å². The van der Waals surface area contributed by atoms with Crippen LogP contribution in [0.5, 0.6) is 0 Å². The second-order valence-electron chi connectivity index (χ2n) is 2.94. The van der Waals surface area contributed by atoms with Crippen molar-refractivity contribution < 1.29 is 9.53 Å². The molecule has 1 amide bonds. The molecule has 2 N–H and O–H groups in total. The highest BCUT2D eigenvalue weighted by Gasteiger charge is 2.37. The van der Waals surface area contributed by atoms with Crippen LogP contribution in [-0.4, -0.2) is 22.5 Å². The Morgan fingerprint density at radius 3 is 2.77 bits per heavy atom. The molecule has 13 heavy (non-hydrogen) atoms. The second kappa shape index (κ2) is 4.23. The van der Waals surface area contributed by atoms with Crippen LogP contribution in [0.25, 0.3) is 0 Å². The monoisotopic (exact) mass is 293 g/mol. The predicted molar refractivity (Wildman–Crippen MR) is 59.6 cm³/mol. The van der Waals surface area contributed by atoms with Crippen LogP contribution in [0, 0.1) is 0 Å². The maximum Gasteiger partial charge on any atom is 0.248 e. The molecule has 1 aliphatic carbocycles. The van der Waals surface area contributed by atoms with E-state index in [2.05, 4.69) is 22.6 Å². The fraction of sp³-hybridized carbons (Fsp3) is 0.444. The SMILES string of the molecule is CO[C@@H](C(N)=O)C1(I)C=CC=CC1. The van der Waals surface area contributed by atoms with Gasteiger partial charge in [0.1, 0.15) is 0 Å². The van der Waals surface area contributed by atoms with E-state index in [0.717, 1.165) is 6.42 Å². The van der Waals surface area contributed by atoms with E-state index in [1.165, 1.54) is 7.11 Å². The van der Waals surface area contributed by atoms with Crippen LogP contribution in [0.4, 0.5) is 0 Å². The minimum atomic E-state index is -0.561. The summed E-state index contributed by atoms with van der Waals surface area (Å²) in [5, 5.41) is 0. The van der Waals surface area contributed by atoms with Crippen LogP contribution < -0.4 is 5.73 Å². The molecular formula is C9H12INO2. The van der Waals surface area contributed by atoms with E-state index in [9.17, 15) is 4.79 Å². The van der Waals surface area contributed by atoms with Gasteiger partial charge in [-0.15, -0.1) is 0 Å². The number of allylic oxidation sites excluding steroid dienone is 3. The lowest BCUT2D eigenvalue weighted by molar-refractivity contribution is -0.128. The van der Waals surface area contributed by atoms with Gasteiger partial charge >= 0.3 is 0 Å². The van der Waals surface area contributed by atoms with Crippen molar-refractivity contribution in [2.45, 2.75) is 15.9 Å². The van der Waals surface area contributed by atoms with Crippen molar-refractivity contribution in [2.24, 2.45) is 5.73 Å². The molecule has 1 aliphatic rings. The third kappa shape index (κ3) is 2.31. The zero-order chi connectivity index (χ0) is 9.90. The molecule has 0 fully saturated rings. The van der Waals surface area contributed by atoms with Gasteiger partial charge in [-0.25, -0.2) is 0 Å². The first kappa shape index (κ1) is 10.7. The molecule has 0 saturated heterocycles. The largest absolute Gasteiger partial charge is 0.370 e. The molecule has 0 spiro atoms. The lowest BCUT2D eigenvalue weighted by Gasteiger charge is -2.30. The van der Waals surface area contributed by atoms with Crippen LogP contribution in [0.2, 0.25) is 0 Å². The van der Waals surface area contributed by atoms with Gasteiger partial charge in [0, 0.05) is 7.11 Å². The van der Waals surface area contributed by atoms with Crippen LogP contribution in [0.1, 0.15) is 6.42 Å². The highest BCUT2D eigenvalue weighted by molar-refractivity contribution is 14.1. The molecule has 2 atom stereocenters. The van der Waals surface area contributed by atoms with Crippen molar-refractivity contribution in [3.05, 3.63) is 24.3 Å². The Labute approximate surface area is 91.2 Å². The molecule has 0 radical (unpaired) electrons. The van der Waals surface area contributed by atoms with Gasteiger partial charge in [-0.05, 0) is 6.42 Å². The molecule has 0 bridgehead atoms. The number of ether oxygens (including phenoxy) is 1. The molecule has 0 aromatic heterocycles. The molecule has 0 heterocycles. The van der Waals surface area contributed by atoms with Gasteiger partial charge in [-0.3, -0.25) is 4.79 Å². The fourth-order valence-electron chi connectivity index (χ4n) is 1.35. The third-order valence-electron chi connectivity index (χ3n) is 1.98. The Kier molecular flexibility index (Phi) is 3.49. The van der Waals surface area contributed by atoms with Crippen molar-refractivity contribution in [2.75, 3.05) is 7.11 Å². The van der Waals surface area contributed by atoms with Crippen LogP contribution in [-0.2, 0) is 9.53 Å². The maximum absolute atomic E-state index is 11.1. The first-order valence-corrected chi connectivity index (χ1v) is 5.03. The molecular weight excluding hydrogens is 281 g/mol. The van der Waals surface area contributed by atoms with Crippen molar-refractivity contribution >= 4 is 28.5 Å². The molecule has 0 aromatic carbocycles. The summed E-state index contributed by atoms with van der Waals surface area (Å²) in [6, 6.07) is 0. The van der Waals surface area contributed by atoms with Crippen molar-refractivity contribution in [3.63, 3.8) is 0 Å². The minimum absolute atomic E-state index is 0.326. The van der Waals surface area contributed by atoms with Gasteiger partial charge in [0.25, 0.3) is 0 Å². The number of methoxy groups -OCH3 is 1. The zero-order valence-corrected chi connectivity index (χ0v) is 9.52. The summed E-state index contributed by atoms with van der Waals surface area (Å²) in [7, 11) is 1.50. The van der Waals surface area contributed by atoms with Gasteiger partial charge in [-0.1, -0.05) is 46.9 Å². The highest BCUT2D eigenvalue weighted by atomic mass is 127. The number of amides is 1. The summed E-state index contributed by atoms with van der Waals surface area (Å²) >= 11 is 2.20. The van der Waals surface area contributed by atoms with Gasteiger partial charge in [0.15, 0.2) is 6.10 Å². The Morgan fingerprint density at radius 1 is 1.69 bits per heavy atom. The lowest BCUT2D eigenvalue weighted by Crippen LogP contribution is -2.45. The highest BCUT2D eigenvalue weighted by Crippen LogP contribution is 2.33. The van der Waals surface area contributed by atoms with Gasteiger partial charge < -0.3 is 10.5 Å². The Bertz CT molecular complexity index is 262. The minimum Gasteiger partial charge on any atom is -0.370 e. The maximum atomic E-state index is 11.1. The van der Waals surface area contributed by atoms with Gasteiger partial charge in [0.2, 0.25) is 5.91 Å². The number of nitrogens with two attached hydrogens (primary N) is 1. The van der Waals surface area contributed by atoms with Crippen LogP contribution in [0.15, 0.2) is 24.3 Å². The standard InChI is InChI=1S/C9H12INO2/c1-13-7(8(11)12)9(10)5-3-2-4-6-9/h2-5,7H,6H2,1H3,(H2,11,12)/t7-,9?/m0/s1. The molecule has 3 nitrogen and oxygen atoms in total. The number of hydrogen-bond acceptors (Lipinski definition) is 2. The quantitative estimate of drug-likeness (QED) is 0.627. The summed E-state index contributed by atoms with van der Waals surface area (Å²) < 4.78 is 4.76. The Balaban J connectivity index is 2.83. The van der Waals surface area contributed by atoms with E-state index >= 15 is 0 Å². The van der Waals surface area contributed by atoms with E-state index in [-0.39, 0.29) is 3.42 Å². The summed E-state index contributed by atoms with van der Waals surface area (Å²) in [6.45, 7) is 0. The summed E-state index contributed by atoms with van der Waals surface area (Å²) in [4.78, 5) is 11.1. The van der Waals surface area contributed by atoms with Crippen LogP contribution >= 0.6 is 22.6 Å². The number of halogens is 1. The van der Waals surface area contributed by atoms with Gasteiger partial charge in [0.05, 0.1) is 3.42 Å². The molecule has 1 unspecified atom stereocenters. The van der Waals surface area contributed by atoms with Crippen molar-refractivity contribution in [1.82, 2.24) is 0 Å². The topological polar surface area (TPSA) is 52.3 Å². The number of rotatable bonds is 3. The average molecular weight is 293 g/mol. The smallest absolute Gasteiger partial charge is 0.248 e. The Hall–Kier alpha value is -0.360. The molecule has 1 rings (SSSR count). The molecule has 0 saturated carbocycles. The Morgan fingerprint density at radius 2 is 2.38 bits per heavy atom. The first-order chi connectivity index (χ1) is 6.10. The lowest BCUT2D eigenvalue weighted by atomic mass is 9.94. The normalized spacial score (nSPS) is 28.8. The van der Waals surface area contributed by atoms with Crippen molar-refractivity contribution in [3.8, 4) is 0 Å². The fourth-order valence-corrected chi connectivity index (χ4v) is 2.38. The van der Waals surface area contributed by atoms with E-state index in [0.29, 0.717) is 0 Å². The van der Waals surface area contributed by atoms with E-state index < -0.39 is 12.0 Å². The first-order valence-electron chi connectivity index (χ1n) is 3.95. The number of alkyl halides is 1. The van der Waals surface area contributed by atoms with E-state index in [1.807, 2.05) is 24.3 Å². The number of primary amides is 1. The number of hydrogen-bond donors (Lipinski definition) is 1. The third-order valence-corrected chi connectivity index (χ3v) is 3.35. The van der Waals surface area contributed by atoms with E-state index in [4.69, 9.17) is 10.5 Å². The predicted octanol–water partition coefficient (Wildman–Crippen LogP) is 1.18. The molecule has 4 heteroatoms. The zero-order valence-electron chi connectivity index (χ0n) is 7.37.